The number of nitrogens with zero attached hydrogens (tertiary/aromatic N) is 4. The summed E-state index contributed by atoms with van der Waals surface area (Å²) in [6, 6.07) is 48.7. The third kappa shape index (κ3) is 8.58. The van der Waals surface area contributed by atoms with Crippen molar-refractivity contribution in [2.75, 3.05) is 0 Å². The summed E-state index contributed by atoms with van der Waals surface area (Å²) >= 11 is 0. The summed E-state index contributed by atoms with van der Waals surface area (Å²) in [6.45, 7) is 13.0. The monoisotopic (exact) mass is 1190 g/mol. The Bertz CT molecular complexity index is 4850. The van der Waals surface area contributed by atoms with Gasteiger partial charge in [0, 0.05) is 16.6 Å². The minimum atomic E-state index is -0.591. The van der Waals surface area contributed by atoms with Crippen LogP contribution in [-0.4, -0.2) is 19.2 Å². The molecule has 0 spiro atoms. The zero-order valence-corrected chi connectivity index (χ0v) is 45.2. The van der Waals surface area contributed by atoms with Gasteiger partial charge in [0.1, 0.15) is 17.2 Å². The number of para-hydroxylation sites is 5. The van der Waals surface area contributed by atoms with Gasteiger partial charge in [0.25, 0.3) is 6.33 Å². The second-order valence-corrected chi connectivity index (χ2v) is 21.1. The van der Waals surface area contributed by atoms with E-state index in [1.807, 2.05) is 103 Å². The second kappa shape index (κ2) is 19.2. The van der Waals surface area contributed by atoms with E-state index in [4.69, 9.17) is 17.6 Å². The van der Waals surface area contributed by atoms with Gasteiger partial charge in [-0.1, -0.05) is 228 Å². The molecule has 1 N–H and O–H groups in total. The van der Waals surface area contributed by atoms with E-state index in [0.29, 0.717) is 55.9 Å². The fourth-order valence-corrected chi connectivity index (χ4v) is 10.4. The van der Waals surface area contributed by atoms with Gasteiger partial charge in [0.05, 0.1) is 58.3 Å². The summed E-state index contributed by atoms with van der Waals surface area (Å²) in [7, 11) is 0. The molecule has 0 aliphatic carbocycles. The Morgan fingerprint density at radius 3 is 1.86 bits per heavy atom. The van der Waals surface area contributed by atoms with E-state index >= 15 is 0 Å². The van der Waals surface area contributed by atoms with Crippen LogP contribution in [0.25, 0.3) is 117 Å². The Balaban J connectivity index is 0.00000739. The van der Waals surface area contributed by atoms with Crippen molar-refractivity contribution < 1.29 is 48.9 Å². The number of phenols is 1. The summed E-state index contributed by atoms with van der Waals surface area (Å²) in [5.74, 6) is 0.584. The molecule has 376 valence electrons. The molecule has 77 heavy (non-hydrogen) atoms. The Labute approximate surface area is 477 Å². The molecule has 0 atom stereocenters. The fourth-order valence-electron chi connectivity index (χ4n) is 10.4. The van der Waals surface area contributed by atoms with E-state index in [0.717, 1.165) is 44.2 Å². The second-order valence-electron chi connectivity index (χ2n) is 21.1. The third-order valence-electron chi connectivity index (χ3n) is 14.2. The molecule has 0 amide bonds. The van der Waals surface area contributed by atoms with Crippen molar-refractivity contribution in [1.29, 1.82) is 0 Å². The van der Waals surface area contributed by atoms with Crippen LogP contribution in [0.3, 0.4) is 0 Å². The number of benzene rings is 10. The van der Waals surface area contributed by atoms with Crippen LogP contribution in [0.1, 0.15) is 66.4 Å². The SMILES string of the molecule is [2H]c1c([2H])c([2H])c(-c2cccc(-c3c([2H])c([2H])c([2H])c([2H])c3[2H])c2-[n+]2[c-]n(-c3[c-]c(-c4cccc5c4nc(-c4cc(C(C)(C)C)ccc4O)n5-c4ccc(C(C)(C)C)cc4-c4ccccc4)cc4c3oc3ccccc34)c3ccccc32)c([2H])c1[2H].[Pt+2]. The van der Waals surface area contributed by atoms with Crippen molar-refractivity contribution in [3.8, 4) is 78.7 Å². The molecule has 3 aromatic heterocycles. The number of furan rings is 1. The molecule has 0 radical (unpaired) electrons. The number of phenolic OH excluding ortho intramolecular Hbond substituents is 1. The molecular weight excluding hydrogens is 1120 g/mol. The molecule has 10 aromatic carbocycles. The van der Waals surface area contributed by atoms with Crippen molar-refractivity contribution in [1.82, 2.24) is 14.1 Å². The maximum Gasteiger partial charge on any atom is 2.00 e. The van der Waals surface area contributed by atoms with Gasteiger partial charge in [-0.15, -0.1) is 17.7 Å². The van der Waals surface area contributed by atoms with Crippen LogP contribution in [-0.2, 0) is 31.9 Å². The number of rotatable bonds is 8. The zero-order chi connectivity index (χ0) is 60.6. The van der Waals surface area contributed by atoms with Gasteiger partial charge in [-0.2, -0.15) is 0 Å². The van der Waals surface area contributed by atoms with E-state index in [1.165, 1.54) is 0 Å². The first-order chi connectivity index (χ1) is 41.0. The molecule has 0 unspecified atom stereocenters. The van der Waals surface area contributed by atoms with Crippen LogP contribution in [0.4, 0.5) is 0 Å². The smallest absolute Gasteiger partial charge is 0.507 e. The molecular formula is C70H55N4O2Pt+. The van der Waals surface area contributed by atoms with Crippen molar-refractivity contribution >= 4 is 44.0 Å². The fraction of sp³-hybridized carbons (Fsp3) is 0.114. The molecule has 0 saturated carbocycles. The Kier molecular flexibility index (Phi) is 9.71. The van der Waals surface area contributed by atoms with Gasteiger partial charge in [0.15, 0.2) is 0 Å². The standard InChI is InChI=1S/C70H55N4O2.Pt/c1-69(2,3)49-36-38-58(55(42-49)47-26-14-9-15-27-47)74-61-34-21-29-51(65(61)71-68(74)57-43-50(70(4,5)6)37-39-63(57)75)48-40-56-54-28-16-19-35-64(54)76-67(56)62(41-48)72-44-73(60-33-18-17-32-59(60)72)66-52(45-22-10-7-11-23-45)30-20-31-53(66)46-24-12-8-13-25-46;/h7-40,42-43,75H,1-6H3;/q-1;+2/i7D,8D,10D,11D,12D,13D,22D,23D,24D,25D;. The van der Waals surface area contributed by atoms with Gasteiger partial charge >= 0.3 is 21.1 Å². The predicted molar refractivity (Wildman–Crippen MR) is 311 cm³/mol. The van der Waals surface area contributed by atoms with Gasteiger partial charge < -0.3 is 14.1 Å². The number of hydrogen-bond acceptors (Lipinski definition) is 3. The number of aromatic hydroxyl groups is 1. The van der Waals surface area contributed by atoms with Gasteiger partial charge in [-0.3, -0.25) is 9.13 Å². The van der Waals surface area contributed by atoms with E-state index in [2.05, 4.69) is 88.8 Å². The normalized spacial score (nSPS) is 13.8. The summed E-state index contributed by atoms with van der Waals surface area (Å²) in [4.78, 5) is 5.60. The first-order valence-corrected chi connectivity index (χ1v) is 25.2. The maximum absolute atomic E-state index is 12.0. The predicted octanol–water partition coefficient (Wildman–Crippen LogP) is 17.4. The Hall–Kier alpha value is -8.57. The van der Waals surface area contributed by atoms with E-state index in [1.54, 1.807) is 33.4 Å². The maximum atomic E-state index is 12.0. The Morgan fingerprint density at radius 2 is 1.16 bits per heavy atom. The van der Waals surface area contributed by atoms with E-state index < -0.39 is 60.4 Å². The van der Waals surface area contributed by atoms with Crippen molar-refractivity contribution in [3.63, 3.8) is 0 Å². The first kappa shape index (κ1) is 38.9. The molecule has 13 rings (SSSR count). The summed E-state index contributed by atoms with van der Waals surface area (Å²) < 4.78 is 101. The van der Waals surface area contributed by atoms with Gasteiger partial charge in [-0.05, 0) is 86.2 Å². The molecule has 6 nitrogen and oxygen atoms in total. The average molecular weight is 1190 g/mol. The molecule has 0 aliphatic rings. The minimum Gasteiger partial charge on any atom is -0.507 e. The van der Waals surface area contributed by atoms with Crippen LogP contribution in [0, 0.1) is 12.4 Å². The van der Waals surface area contributed by atoms with Crippen molar-refractivity contribution in [3.05, 3.63) is 242 Å². The minimum absolute atomic E-state index is 0. The Morgan fingerprint density at radius 1 is 0.558 bits per heavy atom. The number of fused-ring (bicyclic) bond motifs is 5. The zero-order valence-electron chi connectivity index (χ0n) is 53.0. The molecule has 0 saturated heterocycles. The van der Waals surface area contributed by atoms with Crippen LogP contribution in [0.2, 0.25) is 0 Å². The number of aromatic nitrogens is 4. The number of imidazole rings is 2. The summed E-state index contributed by atoms with van der Waals surface area (Å²) in [5.41, 5.74) is 10.3. The molecule has 0 bridgehead atoms. The molecule has 3 heterocycles. The largest absolute Gasteiger partial charge is 2.00 e. The topological polar surface area (TPSA) is 60.0 Å². The number of hydrogen-bond donors (Lipinski definition) is 1. The molecule has 0 fully saturated rings. The van der Waals surface area contributed by atoms with Crippen LogP contribution in [0.15, 0.2) is 223 Å². The van der Waals surface area contributed by atoms with Crippen LogP contribution >= 0.6 is 0 Å². The van der Waals surface area contributed by atoms with Crippen LogP contribution < -0.4 is 4.57 Å². The van der Waals surface area contributed by atoms with Gasteiger partial charge in [-0.25, -0.2) is 4.98 Å². The van der Waals surface area contributed by atoms with Crippen molar-refractivity contribution in [2.45, 2.75) is 52.4 Å². The third-order valence-corrected chi connectivity index (χ3v) is 14.2. The average Bonchev–Trinajstić information content (AvgIpc) is 1.75. The summed E-state index contributed by atoms with van der Waals surface area (Å²) in [6.07, 6.45) is 3.56. The molecule has 13 aromatic rings. The van der Waals surface area contributed by atoms with Crippen molar-refractivity contribution in [2.24, 2.45) is 0 Å². The molecule has 7 heteroatoms. The van der Waals surface area contributed by atoms with E-state index in [-0.39, 0.29) is 65.6 Å². The summed E-state index contributed by atoms with van der Waals surface area (Å²) in [5, 5.41) is 13.6. The quantitative estimate of drug-likeness (QED) is 0.122. The van der Waals surface area contributed by atoms with Crippen LogP contribution in [0.5, 0.6) is 5.75 Å². The molecule has 0 aliphatic heterocycles. The van der Waals surface area contributed by atoms with Gasteiger partial charge in [0.2, 0.25) is 0 Å². The first-order valence-electron chi connectivity index (χ1n) is 30.2. The van der Waals surface area contributed by atoms with E-state index in [9.17, 15) is 10.6 Å².